The minimum absolute atomic E-state index is 0.133. The molecule has 0 radical (unpaired) electrons. The highest BCUT2D eigenvalue weighted by atomic mass is 16.5. The standard InChI is InChI=1S/C18H18N2O3/c1-12(2)16-14-4-3-5-15(17(14)23-18(21)20-16)22-11-8-13-6-9-19-10-7-13/h3-7,9-10,12H,8,11H2,1-2H3. The number of benzene rings is 1. The third-order valence-electron chi connectivity index (χ3n) is 3.60. The molecular formula is C18H18N2O3. The molecule has 0 aliphatic rings. The van der Waals surface area contributed by atoms with Gasteiger partial charge in [-0.15, -0.1) is 0 Å². The molecule has 5 nitrogen and oxygen atoms in total. The van der Waals surface area contributed by atoms with Crippen molar-refractivity contribution in [3.8, 4) is 5.75 Å². The summed E-state index contributed by atoms with van der Waals surface area (Å²) < 4.78 is 11.1. The van der Waals surface area contributed by atoms with E-state index in [1.807, 2.05) is 44.2 Å². The molecule has 0 amide bonds. The van der Waals surface area contributed by atoms with Gasteiger partial charge in [-0.2, -0.15) is 4.98 Å². The SMILES string of the molecule is CC(C)c1nc(=O)oc2c(OCCc3ccncc3)cccc12. The van der Waals surface area contributed by atoms with Gasteiger partial charge in [0, 0.05) is 24.2 Å². The van der Waals surface area contributed by atoms with Crippen LogP contribution in [0, 0.1) is 0 Å². The van der Waals surface area contributed by atoms with Gasteiger partial charge in [-0.05, 0) is 35.7 Å². The lowest BCUT2D eigenvalue weighted by atomic mass is 10.1. The molecule has 5 heteroatoms. The fourth-order valence-corrected chi connectivity index (χ4v) is 2.47. The second-order valence-corrected chi connectivity index (χ2v) is 5.61. The second kappa shape index (κ2) is 6.60. The van der Waals surface area contributed by atoms with Gasteiger partial charge in [-0.25, -0.2) is 4.79 Å². The molecule has 2 aromatic heterocycles. The molecule has 0 aliphatic heterocycles. The van der Waals surface area contributed by atoms with E-state index in [1.54, 1.807) is 12.4 Å². The first-order valence-electron chi connectivity index (χ1n) is 7.60. The quantitative estimate of drug-likeness (QED) is 0.723. The molecule has 0 fully saturated rings. The van der Waals surface area contributed by atoms with Crippen molar-refractivity contribution >= 4 is 11.0 Å². The van der Waals surface area contributed by atoms with Gasteiger partial charge in [0.1, 0.15) is 0 Å². The van der Waals surface area contributed by atoms with E-state index in [4.69, 9.17) is 9.15 Å². The predicted octanol–water partition coefficient (Wildman–Crippen LogP) is 3.33. The first-order chi connectivity index (χ1) is 11.1. The Balaban J connectivity index is 1.88. The fourth-order valence-electron chi connectivity index (χ4n) is 2.47. The molecule has 3 rings (SSSR count). The highest BCUT2D eigenvalue weighted by Crippen LogP contribution is 2.29. The van der Waals surface area contributed by atoms with Crippen LogP contribution in [0.4, 0.5) is 0 Å². The lowest BCUT2D eigenvalue weighted by molar-refractivity contribution is 0.318. The number of hydrogen-bond donors (Lipinski definition) is 0. The normalized spacial score (nSPS) is 11.1. The number of rotatable bonds is 5. The van der Waals surface area contributed by atoms with Crippen LogP contribution in [0.25, 0.3) is 11.0 Å². The molecule has 0 saturated heterocycles. The lowest BCUT2D eigenvalue weighted by Crippen LogP contribution is -2.10. The average molecular weight is 310 g/mol. The van der Waals surface area contributed by atoms with Crippen molar-refractivity contribution in [3.63, 3.8) is 0 Å². The molecule has 0 saturated carbocycles. The minimum Gasteiger partial charge on any atom is -0.489 e. The Bertz CT molecular complexity index is 857. The summed E-state index contributed by atoms with van der Waals surface area (Å²) in [6.07, 6.45) is 4.27. The van der Waals surface area contributed by atoms with Crippen LogP contribution in [0.3, 0.4) is 0 Å². The molecule has 0 aliphatic carbocycles. The van der Waals surface area contributed by atoms with Crippen molar-refractivity contribution < 1.29 is 9.15 Å². The highest BCUT2D eigenvalue weighted by molar-refractivity contribution is 5.84. The molecular weight excluding hydrogens is 292 g/mol. The lowest BCUT2D eigenvalue weighted by Gasteiger charge is -2.11. The van der Waals surface area contributed by atoms with Crippen LogP contribution in [0.2, 0.25) is 0 Å². The van der Waals surface area contributed by atoms with Gasteiger partial charge in [0.25, 0.3) is 0 Å². The topological polar surface area (TPSA) is 65.2 Å². The van der Waals surface area contributed by atoms with Crippen molar-refractivity contribution in [1.29, 1.82) is 0 Å². The van der Waals surface area contributed by atoms with Crippen molar-refractivity contribution in [3.05, 3.63) is 64.5 Å². The van der Waals surface area contributed by atoms with Gasteiger partial charge in [0.2, 0.25) is 0 Å². The summed E-state index contributed by atoms with van der Waals surface area (Å²) >= 11 is 0. The number of aromatic nitrogens is 2. The monoisotopic (exact) mass is 310 g/mol. The maximum absolute atomic E-state index is 11.7. The largest absolute Gasteiger partial charge is 0.489 e. The third kappa shape index (κ3) is 3.39. The molecule has 1 aromatic carbocycles. The van der Waals surface area contributed by atoms with Crippen LogP contribution >= 0.6 is 0 Å². The van der Waals surface area contributed by atoms with Crippen LogP contribution in [0.5, 0.6) is 5.75 Å². The first-order valence-corrected chi connectivity index (χ1v) is 7.60. The Morgan fingerprint density at radius 3 is 2.70 bits per heavy atom. The summed E-state index contributed by atoms with van der Waals surface area (Å²) in [5.41, 5.74) is 2.34. The summed E-state index contributed by atoms with van der Waals surface area (Å²) in [6, 6.07) is 9.50. The van der Waals surface area contributed by atoms with Gasteiger partial charge in [-0.3, -0.25) is 4.98 Å². The Kier molecular flexibility index (Phi) is 4.37. The Morgan fingerprint density at radius 1 is 1.17 bits per heavy atom. The summed E-state index contributed by atoms with van der Waals surface area (Å²) in [5.74, 6) is 0.109. The van der Waals surface area contributed by atoms with E-state index >= 15 is 0 Å². The molecule has 23 heavy (non-hydrogen) atoms. The van der Waals surface area contributed by atoms with Gasteiger partial charge in [0.15, 0.2) is 11.3 Å². The van der Waals surface area contributed by atoms with Crippen LogP contribution in [0.1, 0.15) is 31.0 Å². The van der Waals surface area contributed by atoms with Crippen LogP contribution < -0.4 is 10.5 Å². The van der Waals surface area contributed by atoms with Crippen molar-refractivity contribution in [2.75, 3.05) is 6.61 Å². The number of hydrogen-bond acceptors (Lipinski definition) is 5. The van der Waals surface area contributed by atoms with Gasteiger partial charge < -0.3 is 9.15 Å². The van der Waals surface area contributed by atoms with Crippen molar-refractivity contribution in [2.24, 2.45) is 0 Å². The van der Waals surface area contributed by atoms with Gasteiger partial charge in [-0.1, -0.05) is 19.9 Å². The third-order valence-corrected chi connectivity index (χ3v) is 3.60. The zero-order valence-electron chi connectivity index (χ0n) is 13.2. The number of ether oxygens (including phenoxy) is 1. The van der Waals surface area contributed by atoms with Gasteiger partial charge >= 0.3 is 5.76 Å². The van der Waals surface area contributed by atoms with E-state index in [-0.39, 0.29) is 5.92 Å². The van der Waals surface area contributed by atoms with Crippen molar-refractivity contribution in [1.82, 2.24) is 9.97 Å². The Morgan fingerprint density at radius 2 is 1.96 bits per heavy atom. The first kappa shape index (κ1) is 15.2. The summed E-state index contributed by atoms with van der Waals surface area (Å²) in [4.78, 5) is 19.7. The minimum atomic E-state index is -0.591. The van der Waals surface area contributed by atoms with Crippen LogP contribution in [0.15, 0.2) is 51.9 Å². The zero-order chi connectivity index (χ0) is 16.2. The van der Waals surface area contributed by atoms with E-state index in [0.29, 0.717) is 17.9 Å². The molecule has 0 spiro atoms. The smallest absolute Gasteiger partial charge is 0.439 e. The van der Waals surface area contributed by atoms with E-state index < -0.39 is 5.76 Å². The number of fused-ring (bicyclic) bond motifs is 1. The molecule has 0 bridgehead atoms. The maximum atomic E-state index is 11.7. The average Bonchev–Trinajstić information content (AvgIpc) is 2.55. The van der Waals surface area contributed by atoms with E-state index in [2.05, 4.69) is 9.97 Å². The van der Waals surface area contributed by atoms with Crippen molar-refractivity contribution in [2.45, 2.75) is 26.2 Å². The summed E-state index contributed by atoms with van der Waals surface area (Å²) in [6.45, 7) is 4.49. The second-order valence-electron chi connectivity index (χ2n) is 5.61. The number of pyridine rings is 1. The molecule has 0 N–H and O–H groups in total. The maximum Gasteiger partial charge on any atom is 0.439 e. The van der Waals surface area contributed by atoms with E-state index in [1.165, 1.54) is 0 Å². The van der Waals surface area contributed by atoms with Gasteiger partial charge in [0.05, 0.1) is 12.3 Å². The summed E-state index contributed by atoms with van der Waals surface area (Å²) in [5, 5.41) is 0.820. The molecule has 0 atom stereocenters. The van der Waals surface area contributed by atoms with Crippen LogP contribution in [-0.2, 0) is 6.42 Å². The molecule has 118 valence electrons. The molecule has 0 unspecified atom stereocenters. The molecule has 2 heterocycles. The van der Waals surface area contributed by atoms with E-state index in [9.17, 15) is 4.79 Å². The summed E-state index contributed by atoms with van der Waals surface area (Å²) in [7, 11) is 0. The van der Waals surface area contributed by atoms with Crippen LogP contribution in [-0.4, -0.2) is 16.6 Å². The predicted molar refractivity (Wildman–Crippen MR) is 87.8 cm³/mol. The number of para-hydroxylation sites is 1. The van der Waals surface area contributed by atoms with E-state index in [0.717, 1.165) is 23.1 Å². The zero-order valence-corrected chi connectivity index (χ0v) is 13.2. The fraction of sp³-hybridized carbons (Fsp3) is 0.278. The Labute approximate surface area is 134 Å². The highest BCUT2D eigenvalue weighted by Gasteiger charge is 2.14. The Hall–Kier alpha value is -2.69. The molecule has 3 aromatic rings. The number of nitrogens with zero attached hydrogens (tertiary/aromatic N) is 2.